The van der Waals surface area contributed by atoms with E-state index in [0.29, 0.717) is 22.1 Å². The summed E-state index contributed by atoms with van der Waals surface area (Å²) in [5.74, 6) is 0.335. The second kappa shape index (κ2) is 6.81. The largest absolute Gasteiger partial charge is 0.497 e. The monoisotopic (exact) mass is 302 g/mol. The molecule has 2 aromatic rings. The third-order valence-corrected chi connectivity index (χ3v) is 3.10. The zero-order valence-electron chi connectivity index (χ0n) is 11.5. The van der Waals surface area contributed by atoms with Crippen LogP contribution in [-0.4, -0.2) is 13.0 Å². The minimum absolute atomic E-state index is 0.285. The molecule has 0 aliphatic rings. The summed E-state index contributed by atoms with van der Waals surface area (Å²) in [6.45, 7) is 0. The molecule has 0 bridgehead atoms. The Hall–Kier alpha value is -2.46. The average molecular weight is 303 g/mol. The molecule has 0 aromatic heterocycles. The molecule has 2 aromatic carbocycles. The molecule has 0 saturated carbocycles. The van der Waals surface area contributed by atoms with Crippen molar-refractivity contribution in [1.29, 1.82) is 0 Å². The highest BCUT2D eigenvalue weighted by Gasteiger charge is 2.05. The number of carbonyl (C=O) groups excluding carboxylic acids is 1. The summed E-state index contributed by atoms with van der Waals surface area (Å²) in [7, 11) is 1.55. The predicted octanol–water partition coefficient (Wildman–Crippen LogP) is 3.58. The number of nitrogens with two attached hydrogens (primary N) is 1. The number of methoxy groups -OCH3 is 1. The normalized spacial score (nSPS) is 10.6. The molecule has 0 atom stereocenters. The maximum atomic E-state index is 11.9. The van der Waals surface area contributed by atoms with Gasteiger partial charge in [0, 0.05) is 17.8 Å². The van der Waals surface area contributed by atoms with E-state index in [9.17, 15) is 4.79 Å². The van der Waals surface area contributed by atoms with Gasteiger partial charge < -0.3 is 15.8 Å². The first kappa shape index (κ1) is 14.9. The molecule has 0 aliphatic heterocycles. The van der Waals surface area contributed by atoms with Crippen molar-refractivity contribution < 1.29 is 9.53 Å². The van der Waals surface area contributed by atoms with Crippen LogP contribution in [0.1, 0.15) is 5.56 Å². The van der Waals surface area contributed by atoms with Crippen LogP contribution in [0, 0.1) is 0 Å². The van der Waals surface area contributed by atoms with Crippen molar-refractivity contribution in [2.75, 3.05) is 18.2 Å². The third kappa shape index (κ3) is 4.26. The molecule has 108 valence electrons. The number of halogens is 1. The molecular weight excluding hydrogens is 288 g/mol. The Morgan fingerprint density at radius 3 is 2.81 bits per heavy atom. The Kier molecular flexibility index (Phi) is 4.85. The lowest BCUT2D eigenvalue weighted by Crippen LogP contribution is -2.08. The Balaban J connectivity index is 2.08. The van der Waals surface area contributed by atoms with Crippen molar-refractivity contribution in [1.82, 2.24) is 0 Å². The van der Waals surface area contributed by atoms with Crippen LogP contribution in [-0.2, 0) is 4.79 Å². The van der Waals surface area contributed by atoms with Gasteiger partial charge in [0.2, 0.25) is 5.91 Å². The number of amides is 1. The number of nitrogens with one attached hydrogen (secondary N) is 1. The van der Waals surface area contributed by atoms with Crippen LogP contribution >= 0.6 is 11.6 Å². The highest BCUT2D eigenvalue weighted by molar-refractivity contribution is 6.33. The van der Waals surface area contributed by atoms with Gasteiger partial charge in [0.15, 0.2) is 0 Å². The van der Waals surface area contributed by atoms with E-state index in [-0.39, 0.29) is 5.91 Å². The van der Waals surface area contributed by atoms with Crippen LogP contribution in [0.5, 0.6) is 5.75 Å². The van der Waals surface area contributed by atoms with Gasteiger partial charge in [-0.1, -0.05) is 23.7 Å². The summed E-state index contributed by atoms with van der Waals surface area (Å²) in [5.41, 5.74) is 7.67. The number of hydrogen-bond donors (Lipinski definition) is 2. The first-order chi connectivity index (χ1) is 10.1. The molecule has 21 heavy (non-hydrogen) atoms. The second-order valence-corrected chi connectivity index (χ2v) is 4.75. The van der Waals surface area contributed by atoms with Crippen molar-refractivity contribution in [2.24, 2.45) is 0 Å². The number of carbonyl (C=O) groups is 1. The lowest BCUT2D eigenvalue weighted by Gasteiger charge is -2.07. The van der Waals surface area contributed by atoms with Crippen molar-refractivity contribution >= 4 is 35.0 Å². The topological polar surface area (TPSA) is 64.3 Å². The highest BCUT2D eigenvalue weighted by atomic mass is 35.5. The molecule has 0 aliphatic carbocycles. The van der Waals surface area contributed by atoms with Crippen molar-refractivity contribution in [3.05, 3.63) is 59.1 Å². The standard InChI is InChI=1S/C16H15ClN2O2/c1-21-13-6-7-14(17)15(10-13)19-16(20)8-5-11-3-2-4-12(18)9-11/h2-10H,18H2,1H3,(H,19,20)/b8-5+. The zero-order chi connectivity index (χ0) is 15.2. The highest BCUT2D eigenvalue weighted by Crippen LogP contribution is 2.26. The number of anilines is 2. The molecule has 0 spiro atoms. The van der Waals surface area contributed by atoms with Crippen molar-refractivity contribution in [2.45, 2.75) is 0 Å². The Labute approximate surface area is 128 Å². The summed E-state index contributed by atoms with van der Waals surface area (Å²) in [6, 6.07) is 12.3. The Morgan fingerprint density at radius 1 is 1.29 bits per heavy atom. The van der Waals surface area contributed by atoms with Gasteiger partial charge in [0.05, 0.1) is 17.8 Å². The SMILES string of the molecule is COc1ccc(Cl)c(NC(=O)/C=C/c2cccc(N)c2)c1. The molecule has 1 amide bonds. The maximum Gasteiger partial charge on any atom is 0.248 e. The fraction of sp³-hybridized carbons (Fsp3) is 0.0625. The molecular formula is C16H15ClN2O2. The Morgan fingerprint density at radius 2 is 2.10 bits per heavy atom. The molecule has 2 rings (SSSR count). The summed E-state index contributed by atoms with van der Waals surface area (Å²) in [4.78, 5) is 11.9. The van der Waals surface area contributed by atoms with Gasteiger partial charge >= 0.3 is 0 Å². The minimum Gasteiger partial charge on any atom is -0.497 e. The van der Waals surface area contributed by atoms with E-state index in [2.05, 4.69) is 5.32 Å². The second-order valence-electron chi connectivity index (χ2n) is 4.34. The predicted molar refractivity (Wildman–Crippen MR) is 86.5 cm³/mol. The van der Waals surface area contributed by atoms with Crippen LogP contribution < -0.4 is 15.8 Å². The molecule has 3 N–H and O–H groups in total. The molecule has 0 saturated heterocycles. The molecule has 0 heterocycles. The zero-order valence-corrected chi connectivity index (χ0v) is 12.2. The van der Waals surface area contributed by atoms with E-state index in [1.54, 1.807) is 43.5 Å². The van der Waals surface area contributed by atoms with Crippen LogP contribution in [0.25, 0.3) is 6.08 Å². The maximum absolute atomic E-state index is 11.9. The van der Waals surface area contributed by atoms with Gasteiger partial charge in [-0.05, 0) is 35.9 Å². The van der Waals surface area contributed by atoms with Crippen LogP contribution in [0.4, 0.5) is 11.4 Å². The molecule has 0 unspecified atom stereocenters. The van der Waals surface area contributed by atoms with Gasteiger partial charge in [-0.2, -0.15) is 0 Å². The fourth-order valence-electron chi connectivity index (χ4n) is 1.74. The van der Waals surface area contributed by atoms with E-state index in [0.717, 1.165) is 5.56 Å². The number of benzene rings is 2. The number of ether oxygens (including phenoxy) is 1. The average Bonchev–Trinajstić information content (AvgIpc) is 2.47. The van der Waals surface area contributed by atoms with Crippen molar-refractivity contribution in [3.8, 4) is 5.75 Å². The van der Waals surface area contributed by atoms with Crippen LogP contribution in [0.2, 0.25) is 5.02 Å². The minimum atomic E-state index is -0.285. The summed E-state index contributed by atoms with van der Waals surface area (Å²) in [5, 5.41) is 3.15. The lowest BCUT2D eigenvalue weighted by atomic mass is 10.2. The van der Waals surface area contributed by atoms with E-state index in [4.69, 9.17) is 22.1 Å². The molecule has 0 fully saturated rings. The van der Waals surface area contributed by atoms with Crippen LogP contribution in [0.3, 0.4) is 0 Å². The third-order valence-electron chi connectivity index (χ3n) is 2.77. The van der Waals surface area contributed by atoms with Gasteiger partial charge in [0.1, 0.15) is 5.75 Å². The van der Waals surface area contributed by atoms with Gasteiger partial charge in [-0.25, -0.2) is 0 Å². The molecule has 5 heteroatoms. The summed E-state index contributed by atoms with van der Waals surface area (Å²) in [6.07, 6.45) is 3.10. The van der Waals surface area contributed by atoms with Gasteiger partial charge in [-0.15, -0.1) is 0 Å². The summed E-state index contributed by atoms with van der Waals surface area (Å²) >= 11 is 6.02. The van der Waals surface area contributed by atoms with Crippen LogP contribution in [0.15, 0.2) is 48.5 Å². The summed E-state index contributed by atoms with van der Waals surface area (Å²) < 4.78 is 5.09. The first-order valence-corrected chi connectivity index (χ1v) is 6.64. The number of rotatable bonds is 4. The molecule has 4 nitrogen and oxygen atoms in total. The van der Waals surface area contributed by atoms with E-state index in [1.165, 1.54) is 6.08 Å². The fourth-order valence-corrected chi connectivity index (χ4v) is 1.90. The quantitative estimate of drug-likeness (QED) is 0.670. The van der Waals surface area contributed by atoms with Gasteiger partial charge in [0.25, 0.3) is 0 Å². The lowest BCUT2D eigenvalue weighted by molar-refractivity contribution is -0.111. The Bertz CT molecular complexity index is 684. The smallest absolute Gasteiger partial charge is 0.248 e. The van der Waals surface area contributed by atoms with Crippen molar-refractivity contribution in [3.63, 3.8) is 0 Å². The molecule has 0 radical (unpaired) electrons. The van der Waals surface area contributed by atoms with Gasteiger partial charge in [-0.3, -0.25) is 4.79 Å². The first-order valence-electron chi connectivity index (χ1n) is 6.26. The number of hydrogen-bond acceptors (Lipinski definition) is 3. The van der Waals surface area contributed by atoms with E-state index < -0.39 is 0 Å². The van der Waals surface area contributed by atoms with E-state index in [1.807, 2.05) is 12.1 Å². The van der Waals surface area contributed by atoms with E-state index >= 15 is 0 Å². The number of nitrogen functional groups attached to an aromatic ring is 1.